The second kappa shape index (κ2) is 11.5. The molecule has 15 heteroatoms. The number of ether oxygens (including phenoxy) is 4. The third-order valence-electron chi connectivity index (χ3n) is 7.47. The van der Waals surface area contributed by atoms with Gasteiger partial charge in [-0.3, -0.25) is 9.59 Å². The molecule has 0 radical (unpaired) electrons. The van der Waals surface area contributed by atoms with Gasteiger partial charge >= 0.3 is 0 Å². The highest BCUT2D eigenvalue weighted by atomic mass is 16.7. The van der Waals surface area contributed by atoms with Crippen LogP contribution in [0.5, 0.6) is 17.2 Å². The standard InChI is InChI=1S/C27H30O15/c1-8-2-10-17(13(3-8)40-27-25(38)23(36)20(33)15(7-29)42-27)21(34)16-11(18(10)31)4-9(5-12(16)30)39-26-24(37)22(35)19(32)14(6-28)41-26/h2-5,14-15,19-20,22-30,32-33,35-38H,6-7H2,1H3/t14-,15-,19-,20-,22+,23+,24-,25-,26-,27-/m1/s1. The Morgan fingerprint density at radius 1 is 0.667 bits per heavy atom. The maximum absolute atomic E-state index is 13.7. The average molecular weight is 595 g/mol. The summed E-state index contributed by atoms with van der Waals surface area (Å²) in [5.74, 6) is -2.77. The van der Waals surface area contributed by atoms with Crippen LogP contribution in [0.1, 0.15) is 37.4 Å². The van der Waals surface area contributed by atoms with Crippen LogP contribution in [-0.4, -0.2) is 132 Å². The molecule has 2 aromatic rings. The Kier molecular flexibility index (Phi) is 8.25. The number of ketones is 2. The predicted molar refractivity (Wildman–Crippen MR) is 135 cm³/mol. The van der Waals surface area contributed by atoms with Crippen LogP contribution in [0.3, 0.4) is 0 Å². The van der Waals surface area contributed by atoms with Crippen molar-refractivity contribution >= 4 is 11.6 Å². The van der Waals surface area contributed by atoms with Crippen molar-refractivity contribution in [1.82, 2.24) is 0 Å². The topological polar surface area (TPSA) is 253 Å². The van der Waals surface area contributed by atoms with Crippen LogP contribution in [0.2, 0.25) is 0 Å². The van der Waals surface area contributed by atoms with Crippen LogP contribution >= 0.6 is 0 Å². The highest BCUT2D eigenvalue weighted by Crippen LogP contribution is 2.41. The van der Waals surface area contributed by atoms with Gasteiger partial charge in [0.25, 0.3) is 0 Å². The van der Waals surface area contributed by atoms with E-state index in [0.717, 1.165) is 12.1 Å². The van der Waals surface area contributed by atoms with Crippen molar-refractivity contribution in [3.63, 3.8) is 0 Å². The number of benzene rings is 2. The van der Waals surface area contributed by atoms with E-state index in [4.69, 9.17) is 18.9 Å². The van der Waals surface area contributed by atoms with Gasteiger partial charge in [0.1, 0.15) is 66.1 Å². The molecule has 2 fully saturated rings. The summed E-state index contributed by atoms with van der Waals surface area (Å²) in [4.78, 5) is 27.3. The Morgan fingerprint density at radius 2 is 1.19 bits per heavy atom. The lowest BCUT2D eigenvalue weighted by Crippen LogP contribution is -2.60. The van der Waals surface area contributed by atoms with E-state index in [2.05, 4.69) is 0 Å². The number of phenols is 1. The summed E-state index contributed by atoms with van der Waals surface area (Å²) in [6, 6.07) is 4.83. The Balaban J connectivity index is 1.48. The molecule has 0 unspecified atom stereocenters. The van der Waals surface area contributed by atoms with E-state index >= 15 is 0 Å². The molecule has 15 nitrogen and oxygen atoms in total. The van der Waals surface area contributed by atoms with Crippen molar-refractivity contribution in [3.05, 3.63) is 52.1 Å². The van der Waals surface area contributed by atoms with Gasteiger partial charge in [-0.15, -0.1) is 0 Å². The predicted octanol–water partition coefficient (Wildman–Crippen LogP) is -3.17. The number of aromatic hydroxyl groups is 1. The number of hydrogen-bond donors (Lipinski definition) is 9. The maximum Gasteiger partial charge on any atom is 0.229 e. The third kappa shape index (κ3) is 5.03. The van der Waals surface area contributed by atoms with Crippen LogP contribution in [0.25, 0.3) is 0 Å². The van der Waals surface area contributed by atoms with Crippen LogP contribution in [0.15, 0.2) is 24.3 Å². The zero-order valence-corrected chi connectivity index (χ0v) is 22.0. The van der Waals surface area contributed by atoms with Gasteiger partial charge in [-0.2, -0.15) is 0 Å². The number of rotatable bonds is 6. The highest BCUT2D eigenvalue weighted by Gasteiger charge is 2.47. The van der Waals surface area contributed by atoms with Gasteiger partial charge in [-0.05, 0) is 30.7 Å². The first kappa shape index (κ1) is 30.2. The third-order valence-corrected chi connectivity index (χ3v) is 7.47. The lowest BCUT2D eigenvalue weighted by Gasteiger charge is -2.40. The lowest BCUT2D eigenvalue weighted by molar-refractivity contribution is -0.277. The Hall–Kier alpha value is -3.22. The first-order valence-electron chi connectivity index (χ1n) is 12.9. The molecule has 2 aliphatic heterocycles. The molecule has 5 rings (SSSR count). The number of aryl methyl sites for hydroxylation is 1. The van der Waals surface area contributed by atoms with Crippen molar-refractivity contribution in [2.24, 2.45) is 0 Å². The molecule has 42 heavy (non-hydrogen) atoms. The molecule has 0 amide bonds. The molecule has 2 saturated heterocycles. The first-order valence-corrected chi connectivity index (χ1v) is 12.9. The summed E-state index contributed by atoms with van der Waals surface area (Å²) in [6.45, 7) is 0.156. The summed E-state index contributed by atoms with van der Waals surface area (Å²) in [5.41, 5.74) is -0.687. The molecule has 0 spiro atoms. The molecule has 0 aromatic heterocycles. The molecule has 2 aromatic carbocycles. The minimum atomic E-state index is -1.80. The van der Waals surface area contributed by atoms with E-state index in [9.17, 15) is 55.5 Å². The zero-order chi connectivity index (χ0) is 30.6. The van der Waals surface area contributed by atoms with Crippen molar-refractivity contribution in [2.75, 3.05) is 13.2 Å². The molecule has 0 bridgehead atoms. The fourth-order valence-electron chi connectivity index (χ4n) is 5.20. The summed E-state index contributed by atoms with van der Waals surface area (Å²) < 4.78 is 21.9. The Bertz CT molecular complexity index is 1370. The van der Waals surface area contributed by atoms with Gasteiger partial charge in [0.15, 0.2) is 5.78 Å². The minimum absolute atomic E-state index is 0.142. The number of aliphatic hydroxyl groups is 8. The minimum Gasteiger partial charge on any atom is -0.507 e. The van der Waals surface area contributed by atoms with E-state index in [1.165, 1.54) is 12.1 Å². The van der Waals surface area contributed by atoms with Gasteiger partial charge in [0, 0.05) is 17.2 Å². The van der Waals surface area contributed by atoms with E-state index in [-0.39, 0.29) is 28.2 Å². The van der Waals surface area contributed by atoms with Gasteiger partial charge in [-0.1, -0.05) is 0 Å². The molecule has 9 N–H and O–H groups in total. The summed E-state index contributed by atoms with van der Waals surface area (Å²) in [5, 5.41) is 90.5. The molecule has 2 heterocycles. The molecular weight excluding hydrogens is 564 g/mol. The molecular formula is C27H30O15. The van der Waals surface area contributed by atoms with Crippen molar-refractivity contribution < 1.29 is 74.5 Å². The molecule has 3 aliphatic rings. The summed E-state index contributed by atoms with van der Waals surface area (Å²) >= 11 is 0. The smallest absolute Gasteiger partial charge is 0.229 e. The fourth-order valence-corrected chi connectivity index (χ4v) is 5.20. The Morgan fingerprint density at radius 3 is 1.74 bits per heavy atom. The second-order valence-corrected chi connectivity index (χ2v) is 10.3. The van der Waals surface area contributed by atoms with Crippen molar-refractivity contribution in [2.45, 2.75) is 68.3 Å². The van der Waals surface area contributed by atoms with Gasteiger partial charge in [-0.25, -0.2) is 0 Å². The van der Waals surface area contributed by atoms with E-state index in [1.807, 2.05) is 0 Å². The van der Waals surface area contributed by atoms with E-state index < -0.39 is 97.5 Å². The molecule has 228 valence electrons. The number of hydrogen-bond acceptors (Lipinski definition) is 15. The average Bonchev–Trinajstić information content (AvgIpc) is 2.95. The quantitative estimate of drug-likeness (QED) is 0.136. The summed E-state index contributed by atoms with van der Waals surface area (Å²) in [6.07, 6.45) is -16.2. The SMILES string of the molecule is Cc1cc(O[C@@H]2O[C@H](CO)[C@@H](O)[C@H](O)[C@H]2O)c2c(c1)C(=O)c1cc(O[C@@H]3O[C@H](CO)[C@@H](O)[C@H](O)[C@H]3O)cc(O)c1C2=O. The highest BCUT2D eigenvalue weighted by molar-refractivity contribution is 6.30. The number of fused-ring (bicyclic) bond motifs is 2. The van der Waals surface area contributed by atoms with Crippen molar-refractivity contribution in [3.8, 4) is 17.2 Å². The van der Waals surface area contributed by atoms with E-state index in [1.54, 1.807) is 6.92 Å². The normalized spacial score (nSPS) is 34.5. The maximum atomic E-state index is 13.7. The largest absolute Gasteiger partial charge is 0.507 e. The number of aliphatic hydroxyl groups excluding tert-OH is 8. The lowest BCUT2D eigenvalue weighted by atomic mass is 9.82. The molecule has 1 aliphatic carbocycles. The van der Waals surface area contributed by atoms with Gasteiger partial charge < -0.3 is 64.9 Å². The van der Waals surface area contributed by atoms with Crippen LogP contribution in [0.4, 0.5) is 0 Å². The van der Waals surface area contributed by atoms with Gasteiger partial charge in [0.05, 0.1) is 24.3 Å². The summed E-state index contributed by atoms with van der Waals surface area (Å²) in [7, 11) is 0. The first-order chi connectivity index (χ1) is 19.9. The Labute approximate surface area is 237 Å². The van der Waals surface area contributed by atoms with Gasteiger partial charge in [0.2, 0.25) is 18.4 Å². The zero-order valence-electron chi connectivity index (χ0n) is 22.0. The van der Waals surface area contributed by atoms with Crippen molar-refractivity contribution in [1.29, 1.82) is 0 Å². The monoisotopic (exact) mass is 594 g/mol. The number of carbonyl (C=O) groups excluding carboxylic acids is 2. The fraction of sp³-hybridized carbons (Fsp3) is 0.481. The van der Waals surface area contributed by atoms with Crippen LogP contribution in [0, 0.1) is 6.92 Å². The molecule has 10 atom stereocenters. The molecule has 0 saturated carbocycles. The van der Waals surface area contributed by atoms with Crippen LogP contribution in [-0.2, 0) is 9.47 Å². The second-order valence-electron chi connectivity index (χ2n) is 10.3. The van der Waals surface area contributed by atoms with Crippen LogP contribution < -0.4 is 9.47 Å². The van der Waals surface area contributed by atoms with E-state index in [0.29, 0.717) is 5.56 Å². The number of phenolic OH excluding ortho intramolecular Hbond substituents is 1. The number of carbonyl (C=O) groups is 2.